The van der Waals surface area contributed by atoms with E-state index in [1.807, 2.05) is 12.1 Å². The van der Waals surface area contributed by atoms with E-state index in [4.69, 9.17) is 15.7 Å². The number of halogens is 1. The lowest BCUT2D eigenvalue weighted by atomic mass is 10.1. The van der Waals surface area contributed by atoms with Crippen LogP contribution in [0.5, 0.6) is 0 Å². The van der Waals surface area contributed by atoms with Gasteiger partial charge in [0.2, 0.25) is 5.91 Å². The van der Waals surface area contributed by atoms with Crippen molar-refractivity contribution in [2.45, 2.75) is 18.7 Å². The van der Waals surface area contributed by atoms with E-state index >= 15 is 0 Å². The molecule has 0 aliphatic heterocycles. The molecule has 1 amide bonds. The number of aromatic nitrogens is 7. The summed E-state index contributed by atoms with van der Waals surface area (Å²) in [5.41, 5.74) is 11.2. The highest BCUT2D eigenvalue weighted by Crippen LogP contribution is 2.32. The molecule has 0 saturated heterocycles. The first-order chi connectivity index (χ1) is 20.1. The number of fused-ring (bicyclic) bond motifs is 2. The van der Waals surface area contributed by atoms with Crippen LogP contribution in [-0.4, -0.2) is 55.7 Å². The molecule has 0 aliphatic carbocycles. The molecule has 6 rings (SSSR count). The van der Waals surface area contributed by atoms with E-state index in [-0.39, 0.29) is 11.5 Å². The number of carbonyl (C=O) groups excluding carboxylic acids is 1. The minimum absolute atomic E-state index is 0.102. The second-order valence-electron chi connectivity index (χ2n) is 9.69. The molecule has 1 aromatic carbocycles. The summed E-state index contributed by atoms with van der Waals surface area (Å²) in [6, 6.07) is 11.0. The zero-order chi connectivity index (χ0) is 29.6. The zero-order valence-electron chi connectivity index (χ0n) is 22.4. The highest BCUT2D eigenvalue weighted by Gasteiger charge is 2.22. The Bertz CT molecular complexity index is 2110. The average Bonchev–Trinajstić information content (AvgIpc) is 3.59. The summed E-state index contributed by atoms with van der Waals surface area (Å²) in [7, 11) is -3.67. The summed E-state index contributed by atoms with van der Waals surface area (Å²) in [5.74, 6) is -0.387. The fourth-order valence-corrected chi connectivity index (χ4v) is 5.17. The van der Waals surface area contributed by atoms with E-state index in [0.29, 0.717) is 68.2 Å². The van der Waals surface area contributed by atoms with Crippen LogP contribution in [0.15, 0.2) is 61.1 Å². The highest BCUT2D eigenvalue weighted by atomic mass is 32.2. The summed E-state index contributed by atoms with van der Waals surface area (Å²) in [5, 5.41) is 8.79. The van der Waals surface area contributed by atoms with Crippen molar-refractivity contribution in [3.05, 3.63) is 72.4 Å². The first-order valence-corrected chi connectivity index (χ1v) is 14.8. The number of anilines is 1. The molecule has 0 aliphatic rings. The monoisotopic (exact) mass is 585 g/mol. The zero-order valence-corrected chi connectivity index (χ0v) is 23.2. The number of amides is 1. The minimum Gasteiger partial charge on any atom is -0.336 e. The van der Waals surface area contributed by atoms with E-state index in [1.54, 1.807) is 31.5 Å². The third-order valence-electron chi connectivity index (χ3n) is 6.66. The van der Waals surface area contributed by atoms with E-state index in [0.717, 1.165) is 12.3 Å². The van der Waals surface area contributed by atoms with Gasteiger partial charge in [-0.2, -0.15) is 5.10 Å². The minimum atomic E-state index is -3.67. The lowest BCUT2D eigenvalue weighted by Crippen LogP contribution is -2.20. The Kier molecular flexibility index (Phi) is 6.71. The van der Waals surface area contributed by atoms with Crippen molar-refractivity contribution in [2.75, 3.05) is 11.6 Å². The number of hydrogen-bond acceptors (Lipinski definition) is 9. The van der Waals surface area contributed by atoms with Gasteiger partial charge in [-0.05, 0) is 48.0 Å². The normalized spacial score (nSPS) is 12.6. The smallest absolute Gasteiger partial charge is 0.224 e. The second-order valence-corrected chi connectivity index (χ2v) is 11.9. The van der Waals surface area contributed by atoms with Crippen molar-refractivity contribution in [1.29, 1.82) is 0 Å². The van der Waals surface area contributed by atoms with Crippen molar-refractivity contribution in [2.24, 2.45) is 5.73 Å². The third-order valence-corrected chi connectivity index (χ3v) is 7.85. The molecule has 5 N–H and O–H groups in total. The summed E-state index contributed by atoms with van der Waals surface area (Å²) < 4.78 is 38.6. The van der Waals surface area contributed by atoms with Crippen LogP contribution in [0.3, 0.4) is 0 Å². The number of benzene rings is 1. The number of nitrogens with zero attached hydrogens (tertiary/aromatic N) is 5. The Labute approximate surface area is 238 Å². The molecule has 1 unspecified atom stereocenters. The van der Waals surface area contributed by atoms with Gasteiger partial charge in [0.1, 0.15) is 22.2 Å². The molecular weight excluding hydrogens is 561 g/mol. The van der Waals surface area contributed by atoms with Crippen LogP contribution in [-0.2, 0) is 14.6 Å². The maximum absolute atomic E-state index is 14.6. The Hall–Kier alpha value is -5.08. The Morgan fingerprint density at radius 3 is 2.62 bits per heavy atom. The Morgan fingerprint density at radius 2 is 1.83 bits per heavy atom. The molecule has 0 bridgehead atoms. The fraction of sp³-hybridized carbons (Fsp3) is 0.143. The Balaban J connectivity index is 1.42. The van der Waals surface area contributed by atoms with Gasteiger partial charge in [-0.15, -0.1) is 0 Å². The van der Waals surface area contributed by atoms with E-state index in [1.165, 1.54) is 18.3 Å². The van der Waals surface area contributed by atoms with Crippen molar-refractivity contribution >= 4 is 43.5 Å². The molecule has 0 saturated carbocycles. The topological polar surface area (TPSA) is 185 Å². The Morgan fingerprint density at radius 1 is 1.02 bits per heavy atom. The van der Waals surface area contributed by atoms with Crippen LogP contribution in [0.2, 0.25) is 0 Å². The largest absolute Gasteiger partial charge is 0.336 e. The standard InChI is InChI=1S/C28H24FN9O3S/c1-3-22(39)33-18-11-16(12-31-13-18)19-4-5-21-25(34-19)26(38-37-21)28-35-20-6-7-32-23(24(20)36-28)14-8-15(10-17(29)9-14)27(30)42(2,40)41/h4-13,27H,3,30H2,1-2H3,(H,33,39)(H,35,36)(H,37,38). The van der Waals surface area contributed by atoms with Gasteiger partial charge in [-0.25, -0.2) is 22.8 Å². The quantitative estimate of drug-likeness (QED) is 0.214. The van der Waals surface area contributed by atoms with Crippen LogP contribution >= 0.6 is 0 Å². The lowest BCUT2D eigenvalue weighted by Gasteiger charge is -2.12. The molecule has 0 spiro atoms. The summed E-state index contributed by atoms with van der Waals surface area (Å²) in [6.07, 6.45) is 6.09. The van der Waals surface area contributed by atoms with Gasteiger partial charge in [0.25, 0.3) is 0 Å². The van der Waals surface area contributed by atoms with Gasteiger partial charge in [-0.3, -0.25) is 19.9 Å². The van der Waals surface area contributed by atoms with Crippen LogP contribution in [0.25, 0.3) is 56.1 Å². The van der Waals surface area contributed by atoms with Crippen LogP contribution in [0.4, 0.5) is 10.1 Å². The van der Waals surface area contributed by atoms with E-state index in [2.05, 4.69) is 30.5 Å². The highest BCUT2D eigenvalue weighted by molar-refractivity contribution is 7.90. The lowest BCUT2D eigenvalue weighted by molar-refractivity contribution is -0.115. The molecule has 6 aromatic rings. The fourth-order valence-electron chi connectivity index (χ4n) is 4.54. The number of nitrogens with two attached hydrogens (primary N) is 1. The molecule has 0 fully saturated rings. The third kappa shape index (κ3) is 5.08. The van der Waals surface area contributed by atoms with Crippen molar-refractivity contribution in [3.8, 4) is 34.0 Å². The molecule has 0 radical (unpaired) electrons. The van der Waals surface area contributed by atoms with Gasteiger partial charge >= 0.3 is 0 Å². The number of H-pyrrole nitrogens is 2. The van der Waals surface area contributed by atoms with Crippen molar-refractivity contribution < 1.29 is 17.6 Å². The molecule has 1 atom stereocenters. The van der Waals surface area contributed by atoms with Crippen molar-refractivity contribution in [3.63, 3.8) is 0 Å². The first-order valence-electron chi connectivity index (χ1n) is 12.8. The predicted molar refractivity (Wildman–Crippen MR) is 156 cm³/mol. The van der Waals surface area contributed by atoms with E-state index < -0.39 is 21.0 Å². The van der Waals surface area contributed by atoms with Gasteiger partial charge < -0.3 is 16.0 Å². The maximum Gasteiger partial charge on any atom is 0.224 e. The number of rotatable bonds is 7. The molecule has 5 heterocycles. The first kappa shape index (κ1) is 27.1. The number of nitrogens with one attached hydrogen (secondary N) is 3. The van der Waals surface area contributed by atoms with Crippen LogP contribution in [0, 0.1) is 5.82 Å². The number of aromatic amines is 2. The average molecular weight is 586 g/mol. The summed E-state index contributed by atoms with van der Waals surface area (Å²) in [6.45, 7) is 1.77. The molecule has 42 heavy (non-hydrogen) atoms. The van der Waals surface area contributed by atoms with E-state index in [9.17, 15) is 17.6 Å². The van der Waals surface area contributed by atoms with Crippen LogP contribution in [0.1, 0.15) is 24.3 Å². The molecule has 5 aromatic heterocycles. The number of sulfone groups is 1. The number of carbonyl (C=O) groups is 1. The summed E-state index contributed by atoms with van der Waals surface area (Å²) in [4.78, 5) is 33.2. The number of pyridine rings is 3. The van der Waals surface area contributed by atoms with Crippen LogP contribution < -0.4 is 11.1 Å². The molecule has 212 valence electrons. The summed E-state index contributed by atoms with van der Waals surface area (Å²) >= 11 is 0. The number of imidazole rings is 1. The van der Waals surface area contributed by atoms with Gasteiger partial charge in [0.05, 0.1) is 34.3 Å². The maximum atomic E-state index is 14.6. The molecule has 12 nitrogen and oxygen atoms in total. The second kappa shape index (κ2) is 10.4. The predicted octanol–water partition coefficient (Wildman–Crippen LogP) is 4.11. The van der Waals surface area contributed by atoms with Crippen molar-refractivity contribution in [1.82, 2.24) is 35.1 Å². The SMILES string of the molecule is CCC(=O)Nc1cncc(-c2ccc3[nH]nc(-c4nc5c(-c6cc(F)cc(C(N)S(C)(=O)=O)c6)nccc5[nH]4)c3n2)c1. The van der Waals surface area contributed by atoms with Gasteiger partial charge in [0, 0.05) is 36.2 Å². The van der Waals surface area contributed by atoms with Gasteiger partial charge in [-0.1, -0.05) is 6.92 Å². The molecular formula is C28H24FN9O3S. The number of hydrogen-bond donors (Lipinski definition) is 4. The molecule has 14 heteroatoms. The van der Waals surface area contributed by atoms with Gasteiger partial charge in [0.15, 0.2) is 21.4 Å².